The number of ether oxygens (including phenoxy) is 1. The predicted octanol–water partition coefficient (Wildman–Crippen LogP) is 5.30. The van der Waals surface area contributed by atoms with Gasteiger partial charge in [0, 0.05) is 49.7 Å². The Morgan fingerprint density at radius 2 is 1.77 bits per heavy atom. The van der Waals surface area contributed by atoms with Crippen molar-refractivity contribution in [2.75, 3.05) is 38.1 Å². The van der Waals surface area contributed by atoms with Crippen LogP contribution in [0.3, 0.4) is 0 Å². The van der Waals surface area contributed by atoms with E-state index < -0.39 is 6.36 Å². The summed E-state index contributed by atoms with van der Waals surface area (Å²) in [5.74, 6) is -0.498. The Morgan fingerprint density at radius 3 is 2.44 bits per heavy atom. The van der Waals surface area contributed by atoms with Gasteiger partial charge in [0.15, 0.2) is 0 Å². The number of hydrogen-bond donors (Lipinski definition) is 1. The summed E-state index contributed by atoms with van der Waals surface area (Å²) in [6.45, 7) is 7.94. The highest BCUT2D eigenvalue weighted by Gasteiger charge is 2.31. The van der Waals surface area contributed by atoms with Gasteiger partial charge in [0.25, 0.3) is 5.91 Å². The van der Waals surface area contributed by atoms with Crippen molar-refractivity contribution in [1.82, 2.24) is 15.2 Å². The van der Waals surface area contributed by atoms with Gasteiger partial charge in [-0.05, 0) is 92.2 Å². The van der Waals surface area contributed by atoms with Gasteiger partial charge < -0.3 is 19.9 Å². The number of rotatable bonds is 5. The fourth-order valence-electron chi connectivity index (χ4n) is 5.61. The Kier molecular flexibility index (Phi) is 7.53. The first kappa shape index (κ1) is 27.0. The van der Waals surface area contributed by atoms with E-state index in [0.29, 0.717) is 16.8 Å². The first-order valence-electron chi connectivity index (χ1n) is 13.3. The van der Waals surface area contributed by atoms with Crippen LogP contribution in [0.1, 0.15) is 39.2 Å². The van der Waals surface area contributed by atoms with E-state index in [1.807, 2.05) is 0 Å². The first-order chi connectivity index (χ1) is 18.6. The summed E-state index contributed by atoms with van der Waals surface area (Å²) in [6, 6.07) is 12.1. The molecule has 1 aliphatic heterocycles. The van der Waals surface area contributed by atoms with E-state index in [4.69, 9.17) is 0 Å². The lowest BCUT2D eigenvalue weighted by atomic mass is 9.84. The molecule has 3 aromatic rings. The molecule has 206 valence electrons. The number of aromatic nitrogens is 1. The van der Waals surface area contributed by atoms with Gasteiger partial charge in [0.2, 0.25) is 0 Å². The van der Waals surface area contributed by atoms with Crippen molar-refractivity contribution in [3.05, 3.63) is 76.6 Å². The Labute approximate surface area is 226 Å². The van der Waals surface area contributed by atoms with Crippen molar-refractivity contribution in [2.45, 2.75) is 45.5 Å². The second-order valence-electron chi connectivity index (χ2n) is 10.5. The van der Waals surface area contributed by atoms with Gasteiger partial charge in [0.05, 0.1) is 0 Å². The number of fused-ring (bicyclic) bond motifs is 1. The molecule has 5 rings (SSSR count). The zero-order chi connectivity index (χ0) is 27.7. The minimum absolute atomic E-state index is 0.0166. The Balaban J connectivity index is 1.27. The first-order valence-corrected chi connectivity index (χ1v) is 13.3. The molecule has 39 heavy (non-hydrogen) atoms. The number of piperazine rings is 1. The average Bonchev–Trinajstić information content (AvgIpc) is 2.89. The van der Waals surface area contributed by atoms with Gasteiger partial charge in [0.1, 0.15) is 11.4 Å². The molecule has 0 bridgehead atoms. The SMILES string of the molecule is Cc1cc(OC(F)(F)F)ccc1-c1ccc(C(=O)N[C@@H]2CCc3c(C)ccc(N4CCN(C)CC4)c3C2)nc1. The number of carbonyl (C=O) groups is 1. The van der Waals surface area contributed by atoms with Crippen LogP contribution in [0.15, 0.2) is 48.7 Å². The van der Waals surface area contributed by atoms with Gasteiger partial charge in [-0.15, -0.1) is 13.2 Å². The molecular formula is C30H33F3N4O2. The number of aryl methyl sites for hydroxylation is 2. The van der Waals surface area contributed by atoms with Crippen LogP contribution < -0.4 is 15.0 Å². The Bertz CT molecular complexity index is 1350. The van der Waals surface area contributed by atoms with Crippen LogP contribution in [-0.2, 0) is 12.8 Å². The number of likely N-dealkylation sites (N-methyl/N-ethyl adjacent to an activating group) is 1. The summed E-state index contributed by atoms with van der Waals surface area (Å²) in [4.78, 5) is 22.3. The molecule has 1 N–H and O–H groups in total. The molecule has 0 spiro atoms. The molecule has 1 aromatic heterocycles. The monoisotopic (exact) mass is 538 g/mol. The molecule has 2 aliphatic rings. The lowest BCUT2D eigenvalue weighted by Gasteiger charge is -2.37. The quantitative estimate of drug-likeness (QED) is 0.478. The fraction of sp³-hybridized carbons (Fsp3) is 0.400. The van der Waals surface area contributed by atoms with Crippen molar-refractivity contribution in [2.24, 2.45) is 0 Å². The summed E-state index contributed by atoms with van der Waals surface area (Å²) in [5.41, 5.74) is 7.69. The van der Waals surface area contributed by atoms with Crippen LogP contribution in [0, 0.1) is 13.8 Å². The molecule has 2 heterocycles. The van der Waals surface area contributed by atoms with Gasteiger partial charge in [-0.3, -0.25) is 9.78 Å². The summed E-state index contributed by atoms with van der Waals surface area (Å²) < 4.78 is 41.6. The van der Waals surface area contributed by atoms with E-state index in [2.05, 4.69) is 50.9 Å². The van der Waals surface area contributed by atoms with E-state index in [0.717, 1.165) is 51.0 Å². The normalized spacial score (nSPS) is 18.0. The largest absolute Gasteiger partial charge is 0.573 e. The smallest absolute Gasteiger partial charge is 0.406 e. The third kappa shape index (κ3) is 6.19. The second-order valence-corrected chi connectivity index (χ2v) is 10.5. The maximum atomic E-state index is 13.1. The number of halogens is 3. The highest BCUT2D eigenvalue weighted by molar-refractivity contribution is 5.93. The van der Waals surface area contributed by atoms with E-state index in [1.54, 1.807) is 31.3 Å². The molecule has 1 atom stereocenters. The summed E-state index contributed by atoms with van der Waals surface area (Å²) in [7, 11) is 2.15. The van der Waals surface area contributed by atoms with Gasteiger partial charge in [-0.25, -0.2) is 0 Å². The van der Waals surface area contributed by atoms with Gasteiger partial charge in [-0.1, -0.05) is 18.2 Å². The van der Waals surface area contributed by atoms with Crippen molar-refractivity contribution in [3.8, 4) is 16.9 Å². The summed E-state index contributed by atoms with van der Waals surface area (Å²) in [5, 5.41) is 3.18. The summed E-state index contributed by atoms with van der Waals surface area (Å²) >= 11 is 0. The van der Waals surface area contributed by atoms with Crippen LogP contribution in [0.2, 0.25) is 0 Å². The number of hydrogen-bond acceptors (Lipinski definition) is 5. The second kappa shape index (κ2) is 10.9. The molecule has 2 aromatic carbocycles. The Hall–Kier alpha value is -3.59. The zero-order valence-corrected chi connectivity index (χ0v) is 22.4. The lowest BCUT2D eigenvalue weighted by molar-refractivity contribution is -0.274. The van der Waals surface area contributed by atoms with E-state index in [-0.39, 0.29) is 17.7 Å². The predicted molar refractivity (Wildman–Crippen MR) is 145 cm³/mol. The highest BCUT2D eigenvalue weighted by Crippen LogP contribution is 2.34. The molecule has 6 nitrogen and oxygen atoms in total. The van der Waals surface area contributed by atoms with Crippen molar-refractivity contribution in [1.29, 1.82) is 0 Å². The van der Waals surface area contributed by atoms with Crippen LogP contribution >= 0.6 is 0 Å². The maximum absolute atomic E-state index is 13.1. The number of nitrogens with zero attached hydrogens (tertiary/aromatic N) is 3. The van der Waals surface area contributed by atoms with Gasteiger partial charge >= 0.3 is 6.36 Å². The molecular weight excluding hydrogens is 505 g/mol. The molecule has 9 heteroatoms. The summed E-state index contributed by atoms with van der Waals surface area (Å²) in [6.07, 6.45) is -0.584. The van der Waals surface area contributed by atoms with E-state index >= 15 is 0 Å². The molecule has 1 amide bonds. The zero-order valence-electron chi connectivity index (χ0n) is 22.4. The van der Waals surface area contributed by atoms with Crippen LogP contribution in [0.4, 0.5) is 18.9 Å². The topological polar surface area (TPSA) is 57.7 Å². The Morgan fingerprint density at radius 1 is 1.00 bits per heavy atom. The number of amides is 1. The van der Waals surface area contributed by atoms with Crippen molar-refractivity contribution in [3.63, 3.8) is 0 Å². The molecule has 1 aliphatic carbocycles. The molecule has 1 saturated heterocycles. The van der Waals surface area contributed by atoms with Crippen LogP contribution in [0.5, 0.6) is 5.75 Å². The highest BCUT2D eigenvalue weighted by atomic mass is 19.4. The number of anilines is 1. The minimum atomic E-state index is -4.74. The number of carbonyl (C=O) groups excluding carboxylic acids is 1. The standard InChI is InChI=1S/C30H33F3N4O2/c1-19-4-11-28(37-14-12-36(3)13-15-37)26-17-22(6-8-25(19)26)35-29(38)27-10-5-21(18-34-27)24-9-7-23(16-20(24)2)39-30(31,32)33/h4-5,7,9-11,16,18,22H,6,8,12-15,17H2,1-3H3,(H,35,38)/t22-/m1/s1. The van der Waals surface area contributed by atoms with E-state index in [9.17, 15) is 18.0 Å². The number of alkyl halides is 3. The molecule has 0 radical (unpaired) electrons. The molecule has 0 unspecified atom stereocenters. The minimum Gasteiger partial charge on any atom is -0.406 e. The van der Waals surface area contributed by atoms with E-state index in [1.165, 1.54) is 34.5 Å². The van der Waals surface area contributed by atoms with Crippen LogP contribution in [0.25, 0.3) is 11.1 Å². The van der Waals surface area contributed by atoms with Crippen LogP contribution in [-0.4, -0.2) is 61.4 Å². The number of nitrogens with one attached hydrogen (secondary N) is 1. The number of benzene rings is 2. The average molecular weight is 539 g/mol. The molecule has 1 fully saturated rings. The fourth-order valence-corrected chi connectivity index (χ4v) is 5.61. The maximum Gasteiger partial charge on any atom is 0.573 e. The van der Waals surface area contributed by atoms with Gasteiger partial charge in [-0.2, -0.15) is 0 Å². The lowest BCUT2D eigenvalue weighted by Crippen LogP contribution is -2.45. The number of pyridine rings is 1. The third-order valence-corrected chi connectivity index (χ3v) is 7.75. The third-order valence-electron chi connectivity index (χ3n) is 7.75. The van der Waals surface area contributed by atoms with Crippen molar-refractivity contribution < 1.29 is 22.7 Å². The molecule has 0 saturated carbocycles. The van der Waals surface area contributed by atoms with Crippen molar-refractivity contribution >= 4 is 11.6 Å².